The highest BCUT2D eigenvalue weighted by molar-refractivity contribution is 5.98. The molecule has 19 heavy (non-hydrogen) atoms. The summed E-state index contributed by atoms with van der Waals surface area (Å²) in [5, 5.41) is 17.6. The van der Waals surface area contributed by atoms with Gasteiger partial charge in [-0.25, -0.2) is 4.39 Å². The molecule has 0 aliphatic rings. The number of aromatic hydroxyl groups is 1. The normalized spacial score (nSPS) is 9.95. The van der Waals surface area contributed by atoms with E-state index in [0.29, 0.717) is 11.0 Å². The molecular weight excluding hydrogens is 259 g/mol. The zero-order chi connectivity index (χ0) is 14.6. The van der Waals surface area contributed by atoms with Crippen molar-refractivity contribution < 1.29 is 29.0 Å². The summed E-state index contributed by atoms with van der Waals surface area (Å²) in [5.74, 6) is -4.69. The highest BCUT2D eigenvalue weighted by Gasteiger charge is 2.23. The van der Waals surface area contributed by atoms with E-state index in [1.165, 1.54) is 0 Å². The van der Waals surface area contributed by atoms with Crippen molar-refractivity contribution in [1.29, 1.82) is 0 Å². The van der Waals surface area contributed by atoms with Gasteiger partial charge in [-0.3, -0.25) is 14.4 Å². The van der Waals surface area contributed by atoms with E-state index in [2.05, 4.69) is 0 Å². The van der Waals surface area contributed by atoms with Gasteiger partial charge in [-0.05, 0) is 12.1 Å². The Morgan fingerprint density at radius 2 is 1.89 bits per heavy atom. The summed E-state index contributed by atoms with van der Waals surface area (Å²) in [4.78, 5) is 33.8. The standard InChI is InChI=1S/C11H11FN2O5/c12-8-3-6(15)1-2-7(8)11(19)14(4-9(13)16)5-10(17)18/h1-3,15H,4-5H2,(H2,13,16)(H,17,18). The smallest absolute Gasteiger partial charge is 0.323 e. The van der Waals surface area contributed by atoms with Crippen LogP contribution < -0.4 is 5.73 Å². The van der Waals surface area contributed by atoms with Crippen LogP contribution in [0.4, 0.5) is 4.39 Å². The molecule has 2 amide bonds. The average Bonchev–Trinajstić information content (AvgIpc) is 2.26. The molecule has 8 heteroatoms. The predicted molar refractivity (Wildman–Crippen MR) is 60.8 cm³/mol. The first-order valence-electron chi connectivity index (χ1n) is 5.09. The lowest BCUT2D eigenvalue weighted by Crippen LogP contribution is -2.41. The van der Waals surface area contributed by atoms with Crippen LogP contribution in [0.15, 0.2) is 18.2 Å². The van der Waals surface area contributed by atoms with Crippen LogP contribution in [0, 0.1) is 5.82 Å². The maximum atomic E-state index is 13.5. The highest BCUT2D eigenvalue weighted by Crippen LogP contribution is 2.16. The van der Waals surface area contributed by atoms with Crippen molar-refractivity contribution in [3.8, 4) is 5.75 Å². The molecular formula is C11H11FN2O5. The van der Waals surface area contributed by atoms with Crippen molar-refractivity contribution in [3.05, 3.63) is 29.6 Å². The molecule has 0 aliphatic heterocycles. The Morgan fingerprint density at radius 1 is 1.26 bits per heavy atom. The lowest BCUT2D eigenvalue weighted by atomic mass is 10.1. The first kappa shape index (κ1) is 14.4. The van der Waals surface area contributed by atoms with E-state index in [4.69, 9.17) is 15.9 Å². The minimum atomic E-state index is -1.37. The summed E-state index contributed by atoms with van der Waals surface area (Å²) in [6, 6.07) is 2.76. The number of carbonyl (C=O) groups excluding carboxylic acids is 2. The van der Waals surface area contributed by atoms with E-state index in [9.17, 15) is 18.8 Å². The SMILES string of the molecule is NC(=O)CN(CC(=O)O)C(=O)c1ccc(O)cc1F. The zero-order valence-corrected chi connectivity index (χ0v) is 9.67. The fourth-order valence-corrected chi connectivity index (χ4v) is 1.40. The summed E-state index contributed by atoms with van der Waals surface area (Å²) in [6.45, 7) is -1.44. The van der Waals surface area contributed by atoms with Crippen LogP contribution in [0.25, 0.3) is 0 Å². The molecule has 0 saturated carbocycles. The molecule has 0 fully saturated rings. The third-order valence-corrected chi connectivity index (χ3v) is 2.14. The predicted octanol–water partition coefficient (Wildman–Crippen LogP) is -0.457. The third kappa shape index (κ3) is 3.95. The Balaban J connectivity index is 3.04. The first-order chi connectivity index (χ1) is 8.81. The molecule has 0 unspecified atom stereocenters. The Labute approximate surface area is 107 Å². The number of amides is 2. The van der Waals surface area contributed by atoms with Crippen molar-refractivity contribution in [2.45, 2.75) is 0 Å². The number of phenolic OH excluding ortho intramolecular Hbond substituents is 1. The summed E-state index contributed by atoms with van der Waals surface area (Å²) in [7, 11) is 0. The Kier molecular flexibility index (Phi) is 4.41. The quantitative estimate of drug-likeness (QED) is 0.668. The average molecular weight is 270 g/mol. The lowest BCUT2D eigenvalue weighted by molar-refractivity contribution is -0.138. The number of nitrogens with zero attached hydrogens (tertiary/aromatic N) is 1. The first-order valence-corrected chi connectivity index (χ1v) is 5.09. The maximum absolute atomic E-state index is 13.5. The second-order valence-electron chi connectivity index (χ2n) is 3.69. The van der Waals surface area contributed by atoms with Gasteiger partial charge in [0.05, 0.1) is 5.56 Å². The van der Waals surface area contributed by atoms with Crippen molar-refractivity contribution in [1.82, 2.24) is 4.90 Å². The van der Waals surface area contributed by atoms with Gasteiger partial charge in [0, 0.05) is 6.07 Å². The zero-order valence-electron chi connectivity index (χ0n) is 9.67. The topological polar surface area (TPSA) is 121 Å². The number of carboxylic acids is 1. The Hall–Kier alpha value is -2.64. The van der Waals surface area contributed by atoms with Crippen LogP contribution in [-0.2, 0) is 9.59 Å². The van der Waals surface area contributed by atoms with E-state index in [0.717, 1.165) is 12.1 Å². The second-order valence-corrected chi connectivity index (χ2v) is 3.69. The van der Waals surface area contributed by atoms with Crippen LogP contribution in [-0.4, -0.2) is 46.0 Å². The van der Waals surface area contributed by atoms with E-state index in [-0.39, 0.29) is 5.75 Å². The largest absolute Gasteiger partial charge is 0.508 e. The number of hydrogen-bond acceptors (Lipinski definition) is 4. The molecule has 1 aromatic carbocycles. The second kappa shape index (κ2) is 5.80. The van der Waals surface area contributed by atoms with Crippen molar-refractivity contribution in [3.63, 3.8) is 0 Å². The van der Waals surface area contributed by atoms with Crippen LogP contribution >= 0.6 is 0 Å². The van der Waals surface area contributed by atoms with Crippen LogP contribution in [0.5, 0.6) is 5.75 Å². The fraction of sp³-hybridized carbons (Fsp3) is 0.182. The maximum Gasteiger partial charge on any atom is 0.323 e. The van der Waals surface area contributed by atoms with Gasteiger partial charge >= 0.3 is 5.97 Å². The minimum absolute atomic E-state index is 0.381. The Bertz CT molecular complexity index is 516. The van der Waals surface area contributed by atoms with Gasteiger partial charge in [-0.15, -0.1) is 0 Å². The van der Waals surface area contributed by atoms with Crippen molar-refractivity contribution in [2.75, 3.05) is 13.1 Å². The van der Waals surface area contributed by atoms with Crippen LogP contribution in [0.3, 0.4) is 0 Å². The minimum Gasteiger partial charge on any atom is -0.508 e. The van der Waals surface area contributed by atoms with E-state index < -0.39 is 42.3 Å². The number of rotatable bonds is 5. The van der Waals surface area contributed by atoms with E-state index >= 15 is 0 Å². The summed E-state index contributed by atoms with van der Waals surface area (Å²) in [6.07, 6.45) is 0. The molecule has 0 spiro atoms. The highest BCUT2D eigenvalue weighted by atomic mass is 19.1. The monoisotopic (exact) mass is 270 g/mol. The molecule has 1 rings (SSSR count). The van der Waals surface area contributed by atoms with Gasteiger partial charge in [-0.1, -0.05) is 0 Å². The molecule has 7 nitrogen and oxygen atoms in total. The molecule has 1 aromatic rings. The molecule has 4 N–H and O–H groups in total. The number of carbonyl (C=O) groups is 3. The van der Waals surface area contributed by atoms with Gasteiger partial charge in [-0.2, -0.15) is 0 Å². The van der Waals surface area contributed by atoms with Gasteiger partial charge in [0.2, 0.25) is 5.91 Å². The van der Waals surface area contributed by atoms with E-state index in [1.54, 1.807) is 0 Å². The van der Waals surface area contributed by atoms with Crippen molar-refractivity contribution in [2.24, 2.45) is 5.73 Å². The number of phenols is 1. The molecule has 102 valence electrons. The molecule has 0 aliphatic carbocycles. The van der Waals surface area contributed by atoms with E-state index in [1.807, 2.05) is 0 Å². The molecule has 0 saturated heterocycles. The lowest BCUT2D eigenvalue weighted by Gasteiger charge is -2.19. The number of carboxylic acid groups (broad SMARTS) is 1. The molecule has 0 atom stereocenters. The van der Waals surface area contributed by atoms with Gasteiger partial charge in [0.25, 0.3) is 5.91 Å². The molecule has 0 aromatic heterocycles. The molecule has 0 heterocycles. The van der Waals surface area contributed by atoms with Crippen LogP contribution in [0.2, 0.25) is 0 Å². The third-order valence-electron chi connectivity index (χ3n) is 2.14. The van der Waals surface area contributed by atoms with Crippen molar-refractivity contribution >= 4 is 17.8 Å². The number of primary amides is 1. The Morgan fingerprint density at radius 3 is 2.37 bits per heavy atom. The van der Waals surface area contributed by atoms with Crippen LogP contribution in [0.1, 0.15) is 10.4 Å². The number of halogens is 1. The van der Waals surface area contributed by atoms with Gasteiger partial charge < -0.3 is 20.8 Å². The molecule has 0 bridgehead atoms. The summed E-state index contributed by atoms with van der Waals surface area (Å²) in [5.41, 5.74) is 4.43. The summed E-state index contributed by atoms with van der Waals surface area (Å²) < 4.78 is 13.5. The van der Waals surface area contributed by atoms with Gasteiger partial charge in [0.15, 0.2) is 0 Å². The number of nitrogens with two attached hydrogens (primary N) is 1. The molecule has 0 radical (unpaired) electrons. The fourth-order valence-electron chi connectivity index (χ4n) is 1.40. The number of aliphatic carboxylic acids is 1. The summed E-state index contributed by atoms with van der Waals surface area (Å²) >= 11 is 0. The van der Waals surface area contributed by atoms with Gasteiger partial charge in [0.1, 0.15) is 24.7 Å². The number of benzene rings is 1. The number of hydrogen-bond donors (Lipinski definition) is 3.